The van der Waals surface area contributed by atoms with Crippen molar-refractivity contribution in [3.8, 4) is 28.2 Å². The van der Waals surface area contributed by atoms with Gasteiger partial charge in [-0.3, -0.25) is 4.57 Å². The van der Waals surface area contributed by atoms with Crippen molar-refractivity contribution in [3.63, 3.8) is 0 Å². The molecule has 0 spiro atoms. The number of furan rings is 1. The third-order valence-electron chi connectivity index (χ3n) is 11.8. The van der Waals surface area contributed by atoms with Gasteiger partial charge in [0.15, 0.2) is 0 Å². The first-order chi connectivity index (χ1) is 26.7. The van der Waals surface area contributed by atoms with E-state index >= 15 is 0 Å². The molecule has 2 aromatic heterocycles. The minimum atomic E-state index is -1.57. The van der Waals surface area contributed by atoms with Gasteiger partial charge in [-0.25, -0.2) is 4.98 Å². The topological polar surface area (TPSA) is 31.0 Å². The van der Waals surface area contributed by atoms with E-state index in [2.05, 4.69) is 193 Å². The van der Waals surface area contributed by atoms with Crippen LogP contribution in [0.15, 0.2) is 126 Å². The molecule has 0 radical (unpaired) electrons. The number of rotatable bonds is 7. The normalized spacial score (nSPS) is 12.8. The number of hydrogen-bond donors (Lipinski definition) is 0. The maximum absolute atomic E-state index is 6.94. The molecular weight excluding hydrogens is 713 g/mol. The van der Waals surface area contributed by atoms with E-state index in [-0.39, 0.29) is 11.8 Å². The van der Waals surface area contributed by atoms with Crippen molar-refractivity contribution in [1.82, 2.24) is 9.55 Å². The van der Waals surface area contributed by atoms with Gasteiger partial charge in [-0.2, -0.15) is 0 Å². The Morgan fingerprint density at radius 2 is 1.14 bits per heavy atom. The van der Waals surface area contributed by atoms with Crippen molar-refractivity contribution in [2.45, 2.75) is 78.8 Å². The molecule has 0 atom stereocenters. The van der Waals surface area contributed by atoms with Crippen LogP contribution in [-0.2, 0) is 0 Å². The molecule has 0 saturated carbocycles. The zero-order valence-corrected chi connectivity index (χ0v) is 36.5. The fourth-order valence-electron chi connectivity index (χ4n) is 8.55. The number of para-hydroxylation sites is 3. The van der Waals surface area contributed by atoms with Gasteiger partial charge in [0.05, 0.1) is 38.4 Å². The monoisotopic (exact) mass is 764 g/mol. The zero-order valence-electron chi connectivity index (χ0n) is 34.5. The fourth-order valence-corrected chi connectivity index (χ4v) is 11.1. The maximum atomic E-state index is 6.94. The van der Waals surface area contributed by atoms with Gasteiger partial charge in [0, 0.05) is 10.8 Å². The summed E-state index contributed by atoms with van der Waals surface area (Å²) < 4.78 is 9.39. The average molecular weight is 765 g/mol. The number of hydrogen-bond acceptors (Lipinski definition) is 2. The molecule has 9 rings (SSSR count). The molecule has 0 amide bonds. The van der Waals surface area contributed by atoms with Crippen molar-refractivity contribution in [3.05, 3.63) is 132 Å². The minimum Gasteiger partial charge on any atom is -0.455 e. The third-order valence-corrected chi connectivity index (χ3v) is 15.8. The van der Waals surface area contributed by atoms with Crippen LogP contribution >= 0.6 is 0 Å². The average Bonchev–Trinajstić information content (AvgIpc) is 3.73. The number of fused-ring (bicyclic) bond motifs is 7. The summed E-state index contributed by atoms with van der Waals surface area (Å²) in [5.41, 5.74) is 11.4. The van der Waals surface area contributed by atoms with Gasteiger partial charge in [0.1, 0.15) is 17.0 Å². The van der Waals surface area contributed by atoms with E-state index in [1.807, 2.05) is 0 Å². The molecule has 0 aliphatic carbocycles. The molecule has 56 heavy (non-hydrogen) atoms. The molecule has 3 nitrogen and oxygen atoms in total. The summed E-state index contributed by atoms with van der Waals surface area (Å²) in [6, 6.07) is 45.3. The lowest BCUT2D eigenvalue weighted by Gasteiger charge is -2.26. The molecule has 9 aromatic rings. The molecule has 0 bridgehead atoms. The SMILES string of the molecule is CC(C)c1cc(-c2cc([Si](C)(C)C)cc([Si](C)(C)C)c2)cc(C(C)C)c1-n1c(-c2cccc3c2oc2cc4c(ccc5ccccc54)cc23)nc2ccccc21. The van der Waals surface area contributed by atoms with Gasteiger partial charge in [0.25, 0.3) is 0 Å². The lowest BCUT2D eigenvalue weighted by molar-refractivity contribution is 0.670. The van der Waals surface area contributed by atoms with Crippen LogP contribution < -0.4 is 10.4 Å². The van der Waals surface area contributed by atoms with Crippen molar-refractivity contribution in [1.29, 1.82) is 0 Å². The van der Waals surface area contributed by atoms with Gasteiger partial charge in [-0.15, -0.1) is 0 Å². The summed E-state index contributed by atoms with van der Waals surface area (Å²) in [5.74, 6) is 1.46. The number of imidazole rings is 1. The molecule has 0 aliphatic heterocycles. The van der Waals surface area contributed by atoms with E-state index < -0.39 is 16.1 Å². The summed E-state index contributed by atoms with van der Waals surface area (Å²) in [5, 5.41) is 10.2. The predicted octanol–water partition coefficient (Wildman–Crippen LogP) is 13.9. The maximum Gasteiger partial charge on any atom is 0.149 e. The van der Waals surface area contributed by atoms with E-state index in [9.17, 15) is 0 Å². The fraction of sp³-hybridized carbons (Fsp3) is 0.235. The summed E-state index contributed by atoms with van der Waals surface area (Å²) in [4.78, 5) is 5.45. The van der Waals surface area contributed by atoms with Crippen LogP contribution in [0.1, 0.15) is 50.7 Å². The predicted molar refractivity (Wildman–Crippen MR) is 248 cm³/mol. The van der Waals surface area contributed by atoms with Crippen LogP contribution in [0.5, 0.6) is 0 Å². The lowest BCUT2D eigenvalue weighted by atomic mass is 9.88. The smallest absolute Gasteiger partial charge is 0.149 e. The molecule has 0 N–H and O–H groups in total. The van der Waals surface area contributed by atoms with Gasteiger partial charge in [0.2, 0.25) is 0 Å². The van der Waals surface area contributed by atoms with E-state index in [1.54, 1.807) is 0 Å². The number of aromatic nitrogens is 2. The second kappa shape index (κ2) is 13.2. The Kier molecular flexibility index (Phi) is 8.57. The summed E-state index contributed by atoms with van der Waals surface area (Å²) in [6.45, 7) is 24.2. The molecule has 0 saturated heterocycles. The van der Waals surface area contributed by atoms with E-state index in [1.165, 1.54) is 59.9 Å². The van der Waals surface area contributed by atoms with Crippen LogP contribution in [0.4, 0.5) is 0 Å². The molecule has 280 valence electrons. The van der Waals surface area contributed by atoms with Crippen LogP contribution in [0.3, 0.4) is 0 Å². The van der Waals surface area contributed by atoms with Crippen LogP contribution in [0.25, 0.3) is 82.7 Å². The quantitative estimate of drug-likeness (QED) is 0.120. The summed E-state index contributed by atoms with van der Waals surface area (Å²) >= 11 is 0. The van der Waals surface area contributed by atoms with Crippen molar-refractivity contribution in [2.75, 3.05) is 0 Å². The van der Waals surface area contributed by atoms with Gasteiger partial charge < -0.3 is 4.42 Å². The van der Waals surface area contributed by atoms with Crippen molar-refractivity contribution < 1.29 is 4.42 Å². The summed E-state index contributed by atoms with van der Waals surface area (Å²) in [7, 11) is -3.14. The second-order valence-corrected chi connectivity index (χ2v) is 28.7. The Morgan fingerprint density at radius 3 is 1.82 bits per heavy atom. The number of benzene rings is 7. The van der Waals surface area contributed by atoms with Crippen LogP contribution in [0.2, 0.25) is 39.3 Å². The Bertz CT molecular complexity index is 2940. The molecule has 0 aliphatic rings. The van der Waals surface area contributed by atoms with Gasteiger partial charge >= 0.3 is 0 Å². The Morgan fingerprint density at radius 1 is 0.536 bits per heavy atom. The highest BCUT2D eigenvalue weighted by molar-refractivity contribution is 6.91. The van der Waals surface area contributed by atoms with Gasteiger partial charge in [-0.1, -0.05) is 156 Å². The lowest BCUT2D eigenvalue weighted by Crippen LogP contribution is -2.45. The second-order valence-electron chi connectivity index (χ2n) is 18.5. The summed E-state index contributed by atoms with van der Waals surface area (Å²) in [6.07, 6.45) is 0. The molecule has 0 fully saturated rings. The Hall–Kier alpha value is -5.24. The third kappa shape index (κ3) is 6.04. The number of nitrogens with zero attached hydrogens (tertiary/aromatic N) is 2. The molecule has 0 unspecified atom stereocenters. The van der Waals surface area contributed by atoms with E-state index in [4.69, 9.17) is 9.40 Å². The first-order valence-electron chi connectivity index (χ1n) is 20.3. The highest BCUT2D eigenvalue weighted by atomic mass is 28.3. The Balaban J connectivity index is 1.32. The molecular formula is C51H52N2OSi2. The van der Waals surface area contributed by atoms with E-state index in [0.717, 1.165) is 44.4 Å². The Labute approximate surface area is 333 Å². The zero-order chi connectivity index (χ0) is 39.3. The minimum absolute atomic E-state index is 0.275. The van der Waals surface area contributed by atoms with Gasteiger partial charge in [-0.05, 0) is 98.1 Å². The van der Waals surface area contributed by atoms with Crippen molar-refractivity contribution >= 4 is 81.0 Å². The first kappa shape index (κ1) is 36.4. The molecule has 7 aromatic carbocycles. The van der Waals surface area contributed by atoms with Crippen LogP contribution in [-0.4, -0.2) is 25.7 Å². The molecule has 2 heterocycles. The van der Waals surface area contributed by atoms with Crippen molar-refractivity contribution in [2.24, 2.45) is 0 Å². The highest BCUT2D eigenvalue weighted by Gasteiger charge is 2.27. The molecule has 5 heteroatoms. The van der Waals surface area contributed by atoms with E-state index in [0.29, 0.717) is 0 Å². The largest absolute Gasteiger partial charge is 0.455 e. The van der Waals surface area contributed by atoms with Crippen LogP contribution in [0, 0.1) is 0 Å². The highest BCUT2D eigenvalue weighted by Crippen LogP contribution is 2.43. The first-order valence-corrected chi connectivity index (χ1v) is 27.3. The standard InChI is InChI=1S/C51H52N2OSi2/c1-31(2)42-27-36(35-24-37(55(5,6)7)29-38(25-35)56(8,9)10)28-43(32(3)4)49(42)53-47-21-14-13-20-46(47)52-51(53)41-19-15-18-40-45-26-34-23-22-33-16-11-12-17-39(33)44(34)30-48(45)54-50(40)41/h11-32H,1-10H3.